The van der Waals surface area contributed by atoms with Crippen LogP contribution >= 0.6 is 0 Å². The molecule has 0 spiro atoms. The van der Waals surface area contributed by atoms with Crippen molar-refractivity contribution in [3.05, 3.63) is 77.7 Å². The molecule has 3 aromatic rings. The fourth-order valence-electron chi connectivity index (χ4n) is 3.13. The van der Waals surface area contributed by atoms with Gasteiger partial charge in [-0.1, -0.05) is 55.0 Å². The van der Waals surface area contributed by atoms with E-state index in [4.69, 9.17) is 4.42 Å². The number of oxazole rings is 1. The Hall–Kier alpha value is -2.88. The van der Waals surface area contributed by atoms with E-state index in [2.05, 4.69) is 48.4 Å². The van der Waals surface area contributed by atoms with Crippen LogP contribution in [0, 0.1) is 12.8 Å². The molecule has 0 bridgehead atoms. The largest absolute Gasteiger partial charge is 0.444 e. The minimum absolute atomic E-state index is 0.0998. The number of hydrogen-bond acceptors (Lipinski definition) is 3. The minimum Gasteiger partial charge on any atom is -0.444 e. The number of rotatable bonds is 9. The molecule has 0 aliphatic heterocycles. The van der Waals surface area contributed by atoms with Crippen molar-refractivity contribution in [3.63, 3.8) is 0 Å². The first-order chi connectivity index (χ1) is 13.6. The standard InChI is InChI=1S/C24H28N2O2/c1-18-9-12-21(13-10-18)24-26-22(17-28-24)14-15-25-23(27)16-19(2)8-11-20-6-4-3-5-7-20/h3-7,9-10,12-13,17,19H,8,11,14-16H2,1-2H3,(H,25,27). The van der Waals surface area contributed by atoms with Crippen molar-refractivity contribution in [2.45, 2.75) is 39.5 Å². The first-order valence-corrected chi connectivity index (χ1v) is 9.92. The number of aromatic nitrogens is 1. The number of carbonyl (C=O) groups excluding carboxylic acids is 1. The Labute approximate surface area is 167 Å². The maximum Gasteiger partial charge on any atom is 0.226 e. The molecule has 3 rings (SSSR count). The number of carbonyl (C=O) groups is 1. The summed E-state index contributed by atoms with van der Waals surface area (Å²) in [6, 6.07) is 18.5. The molecule has 0 radical (unpaired) electrons. The summed E-state index contributed by atoms with van der Waals surface area (Å²) in [6.45, 7) is 4.76. The van der Waals surface area contributed by atoms with Gasteiger partial charge in [0.05, 0.1) is 5.69 Å². The van der Waals surface area contributed by atoms with Gasteiger partial charge in [0.2, 0.25) is 11.8 Å². The van der Waals surface area contributed by atoms with Gasteiger partial charge in [0.1, 0.15) is 6.26 Å². The monoisotopic (exact) mass is 376 g/mol. The van der Waals surface area contributed by atoms with E-state index in [-0.39, 0.29) is 5.91 Å². The van der Waals surface area contributed by atoms with E-state index < -0.39 is 0 Å². The van der Waals surface area contributed by atoms with Crippen LogP contribution in [0.3, 0.4) is 0 Å². The zero-order chi connectivity index (χ0) is 19.8. The predicted octanol–water partition coefficient (Wildman–Crippen LogP) is 4.97. The summed E-state index contributed by atoms with van der Waals surface area (Å²) in [7, 11) is 0. The molecule has 4 heteroatoms. The highest BCUT2D eigenvalue weighted by molar-refractivity contribution is 5.76. The van der Waals surface area contributed by atoms with Crippen LogP contribution in [0.2, 0.25) is 0 Å². The number of nitrogens with zero attached hydrogens (tertiary/aromatic N) is 1. The Morgan fingerprint density at radius 2 is 1.82 bits per heavy atom. The third-order valence-corrected chi connectivity index (χ3v) is 4.86. The van der Waals surface area contributed by atoms with Crippen LogP contribution in [-0.2, 0) is 17.6 Å². The zero-order valence-electron chi connectivity index (χ0n) is 16.7. The molecule has 1 heterocycles. The van der Waals surface area contributed by atoms with Gasteiger partial charge in [-0.3, -0.25) is 4.79 Å². The average Bonchev–Trinajstić information content (AvgIpc) is 3.16. The van der Waals surface area contributed by atoms with Gasteiger partial charge in [-0.15, -0.1) is 0 Å². The van der Waals surface area contributed by atoms with E-state index in [9.17, 15) is 4.79 Å². The lowest BCUT2D eigenvalue weighted by Crippen LogP contribution is -2.27. The summed E-state index contributed by atoms with van der Waals surface area (Å²) in [4.78, 5) is 16.7. The van der Waals surface area contributed by atoms with E-state index in [1.165, 1.54) is 11.1 Å². The van der Waals surface area contributed by atoms with Crippen LogP contribution in [0.1, 0.15) is 36.6 Å². The van der Waals surface area contributed by atoms with Crippen LogP contribution in [0.5, 0.6) is 0 Å². The lowest BCUT2D eigenvalue weighted by molar-refractivity contribution is -0.121. The van der Waals surface area contributed by atoms with E-state index in [0.717, 1.165) is 24.1 Å². The molecule has 1 atom stereocenters. The maximum absolute atomic E-state index is 12.2. The second-order valence-electron chi connectivity index (χ2n) is 7.44. The molecule has 146 valence electrons. The summed E-state index contributed by atoms with van der Waals surface area (Å²) in [5.41, 5.74) is 4.35. The molecule has 0 aliphatic rings. The molecule has 1 N–H and O–H groups in total. The molecule has 2 aromatic carbocycles. The van der Waals surface area contributed by atoms with Crippen molar-refractivity contribution >= 4 is 5.91 Å². The molecule has 1 unspecified atom stereocenters. The molecular weight excluding hydrogens is 348 g/mol. The fourth-order valence-corrected chi connectivity index (χ4v) is 3.13. The predicted molar refractivity (Wildman–Crippen MR) is 112 cm³/mol. The van der Waals surface area contributed by atoms with Crippen molar-refractivity contribution in [2.24, 2.45) is 5.92 Å². The van der Waals surface area contributed by atoms with Crippen LogP contribution < -0.4 is 5.32 Å². The summed E-state index contributed by atoms with van der Waals surface area (Å²) in [5.74, 6) is 1.08. The maximum atomic E-state index is 12.2. The van der Waals surface area contributed by atoms with Crippen LogP contribution in [0.4, 0.5) is 0 Å². The molecular formula is C24H28N2O2. The summed E-state index contributed by atoms with van der Waals surface area (Å²) in [5, 5.41) is 3.00. The smallest absolute Gasteiger partial charge is 0.226 e. The van der Waals surface area contributed by atoms with E-state index in [1.807, 2.05) is 30.3 Å². The fraction of sp³-hybridized carbons (Fsp3) is 0.333. The van der Waals surface area contributed by atoms with Crippen molar-refractivity contribution in [2.75, 3.05) is 6.54 Å². The SMILES string of the molecule is Cc1ccc(-c2nc(CCNC(=O)CC(C)CCc3ccccc3)co2)cc1. The molecule has 0 saturated heterocycles. The minimum atomic E-state index is 0.0998. The highest BCUT2D eigenvalue weighted by atomic mass is 16.3. The molecule has 0 fully saturated rings. The lowest BCUT2D eigenvalue weighted by Gasteiger charge is -2.11. The van der Waals surface area contributed by atoms with Gasteiger partial charge in [-0.05, 0) is 43.4 Å². The summed E-state index contributed by atoms with van der Waals surface area (Å²) in [6.07, 6.45) is 4.92. The van der Waals surface area contributed by atoms with Gasteiger partial charge in [-0.25, -0.2) is 4.98 Å². The molecule has 28 heavy (non-hydrogen) atoms. The van der Waals surface area contributed by atoms with Crippen LogP contribution in [0.15, 0.2) is 65.3 Å². The number of amides is 1. The first-order valence-electron chi connectivity index (χ1n) is 9.92. The average molecular weight is 377 g/mol. The van der Waals surface area contributed by atoms with Gasteiger partial charge >= 0.3 is 0 Å². The Morgan fingerprint density at radius 3 is 2.57 bits per heavy atom. The highest BCUT2D eigenvalue weighted by Gasteiger charge is 2.10. The highest BCUT2D eigenvalue weighted by Crippen LogP contribution is 2.19. The Bertz CT molecular complexity index is 869. The second-order valence-corrected chi connectivity index (χ2v) is 7.44. The first kappa shape index (κ1) is 19.9. The molecule has 4 nitrogen and oxygen atoms in total. The number of nitrogens with one attached hydrogen (secondary N) is 1. The summed E-state index contributed by atoms with van der Waals surface area (Å²) < 4.78 is 5.56. The van der Waals surface area contributed by atoms with Crippen molar-refractivity contribution in [1.82, 2.24) is 10.3 Å². The molecule has 0 saturated carbocycles. The Morgan fingerprint density at radius 1 is 1.07 bits per heavy atom. The van der Waals surface area contributed by atoms with Gasteiger partial charge in [-0.2, -0.15) is 0 Å². The number of benzene rings is 2. The van der Waals surface area contributed by atoms with E-state index in [0.29, 0.717) is 31.2 Å². The van der Waals surface area contributed by atoms with Gasteiger partial charge < -0.3 is 9.73 Å². The van der Waals surface area contributed by atoms with Gasteiger partial charge in [0.25, 0.3) is 0 Å². The normalized spacial score (nSPS) is 11.9. The van der Waals surface area contributed by atoms with Crippen LogP contribution in [0.25, 0.3) is 11.5 Å². The van der Waals surface area contributed by atoms with Crippen LogP contribution in [-0.4, -0.2) is 17.4 Å². The molecule has 1 amide bonds. The number of aryl methyl sites for hydroxylation is 2. The number of hydrogen-bond donors (Lipinski definition) is 1. The van der Waals surface area contributed by atoms with E-state index >= 15 is 0 Å². The van der Waals surface area contributed by atoms with Gasteiger partial charge in [0, 0.05) is 24.9 Å². The summed E-state index contributed by atoms with van der Waals surface area (Å²) >= 11 is 0. The Balaban J connectivity index is 1.37. The second kappa shape index (κ2) is 9.88. The van der Waals surface area contributed by atoms with Gasteiger partial charge in [0.15, 0.2) is 0 Å². The topological polar surface area (TPSA) is 55.1 Å². The Kier molecular flexibility index (Phi) is 7.01. The molecule has 1 aromatic heterocycles. The lowest BCUT2D eigenvalue weighted by atomic mass is 9.98. The molecule has 0 aliphatic carbocycles. The van der Waals surface area contributed by atoms with Crippen molar-refractivity contribution in [3.8, 4) is 11.5 Å². The zero-order valence-corrected chi connectivity index (χ0v) is 16.7. The van der Waals surface area contributed by atoms with Crippen molar-refractivity contribution < 1.29 is 9.21 Å². The third-order valence-electron chi connectivity index (χ3n) is 4.86. The quantitative estimate of drug-likeness (QED) is 0.574. The van der Waals surface area contributed by atoms with Crippen molar-refractivity contribution in [1.29, 1.82) is 0 Å². The van der Waals surface area contributed by atoms with E-state index in [1.54, 1.807) is 6.26 Å². The third kappa shape index (κ3) is 6.08.